The van der Waals surface area contributed by atoms with Gasteiger partial charge in [-0.2, -0.15) is 0 Å². The van der Waals surface area contributed by atoms with Gasteiger partial charge in [-0.1, -0.05) is 0 Å². The lowest BCUT2D eigenvalue weighted by Gasteiger charge is -2.01. The first kappa shape index (κ1) is 8.99. The van der Waals surface area contributed by atoms with E-state index in [4.69, 9.17) is 10.8 Å². The molecule has 3 N–H and O–H groups in total. The van der Waals surface area contributed by atoms with Gasteiger partial charge in [0.1, 0.15) is 0 Å². The topological polar surface area (TPSA) is 76.2 Å². The van der Waals surface area contributed by atoms with Crippen LogP contribution in [0.2, 0.25) is 0 Å². The highest BCUT2D eigenvalue weighted by molar-refractivity contribution is 9.10. The lowest BCUT2D eigenvalue weighted by molar-refractivity contribution is -0.136. The number of carboxylic acid groups (broad SMARTS) is 1. The van der Waals surface area contributed by atoms with Gasteiger partial charge < -0.3 is 10.8 Å². The van der Waals surface area contributed by atoms with E-state index in [-0.39, 0.29) is 6.42 Å². The van der Waals surface area contributed by atoms with Gasteiger partial charge in [0.05, 0.1) is 16.6 Å². The first-order valence-corrected chi connectivity index (χ1v) is 4.01. The summed E-state index contributed by atoms with van der Waals surface area (Å²) in [6.07, 6.45) is 1.37. The van der Waals surface area contributed by atoms with Crippen LogP contribution in [0.3, 0.4) is 0 Å². The van der Waals surface area contributed by atoms with E-state index in [1.165, 1.54) is 6.20 Å². The van der Waals surface area contributed by atoms with Crippen LogP contribution in [0.25, 0.3) is 0 Å². The van der Waals surface area contributed by atoms with E-state index in [0.717, 1.165) is 0 Å². The molecule has 0 spiro atoms. The highest BCUT2D eigenvalue weighted by Crippen LogP contribution is 2.21. The summed E-state index contributed by atoms with van der Waals surface area (Å²) in [5.41, 5.74) is 6.46. The SMILES string of the molecule is Nc1ccnc(CC(=O)O)c1Br. The van der Waals surface area contributed by atoms with Crippen LogP contribution in [0.4, 0.5) is 5.69 Å². The molecule has 0 amide bonds. The molecule has 1 aromatic rings. The quantitative estimate of drug-likeness (QED) is 0.797. The molecule has 0 atom stereocenters. The highest BCUT2D eigenvalue weighted by Gasteiger charge is 2.07. The van der Waals surface area contributed by atoms with E-state index >= 15 is 0 Å². The standard InChI is InChI=1S/C7H7BrN2O2/c8-7-4(9)1-2-10-5(7)3-6(11)12/h1-2H,3H2,(H2,9,10)(H,11,12). The smallest absolute Gasteiger partial charge is 0.309 e. The Morgan fingerprint density at radius 3 is 3.00 bits per heavy atom. The van der Waals surface area contributed by atoms with Gasteiger partial charge in [0.2, 0.25) is 0 Å². The molecule has 0 aliphatic carbocycles. The molecule has 0 fully saturated rings. The Bertz CT molecular complexity index is 314. The number of carboxylic acids is 1. The average Bonchev–Trinajstić information content (AvgIpc) is 1.98. The Balaban J connectivity index is 3.00. The Kier molecular flexibility index (Phi) is 2.65. The lowest BCUT2D eigenvalue weighted by atomic mass is 10.2. The Labute approximate surface area is 77.5 Å². The fourth-order valence-corrected chi connectivity index (χ4v) is 1.15. The van der Waals surface area contributed by atoms with E-state index in [9.17, 15) is 4.79 Å². The van der Waals surface area contributed by atoms with Gasteiger partial charge in [-0.15, -0.1) is 0 Å². The minimum Gasteiger partial charge on any atom is -0.481 e. The lowest BCUT2D eigenvalue weighted by Crippen LogP contribution is -2.04. The van der Waals surface area contributed by atoms with Gasteiger partial charge in [-0.25, -0.2) is 0 Å². The van der Waals surface area contributed by atoms with Crippen molar-refractivity contribution >= 4 is 27.6 Å². The van der Waals surface area contributed by atoms with Crippen LogP contribution in [0.1, 0.15) is 5.69 Å². The molecule has 0 saturated heterocycles. The molecule has 0 aromatic carbocycles. The first-order valence-electron chi connectivity index (χ1n) is 3.22. The number of aliphatic carboxylic acids is 1. The van der Waals surface area contributed by atoms with Crippen molar-refractivity contribution in [3.63, 3.8) is 0 Å². The largest absolute Gasteiger partial charge is 0.481 e. The van der Waals surface area contributed by atoms with Crippen LogP contribution < -0.4 is 5.73 Å². The number of nitrogens with two attached hydrogens (primary N) is 1. The van der Waals surface area contributed by atoms with Crippen molar-refractivity contribution < 1.29 is 9.90 Å². The summed E-state index contributed by atoms with van der Waals surface area (Å²) >= 11 is 3.16. The molecule has 0 aliphatic heterocycles. The molecule has 0 aliphatic rings. The molecule has 4 nitrogen and oxygen atoms in total. The van der Waals surface area contributed by atoms with Gasteiger partial charge >= 0.3 is 5.97 Å². The maximum atomic E-state index is 10.3. The molecule has 1 heterocycles. The second-order valence-corrected chi connectivity index (χ2v) is 3.02. The zero-order valence-electron chi connectivity index (χ0n) is 6.12. The van der Waals surface area contributed by atoms with Crippen molar-refractivity contribution in [2.45, 2.75) is 6.42 Å². The Morgan fingerprint density at radius 1 is 1.75 bits per heavy atom. The fourth-order valence-electron chi connectivity index (χ4n) is 0.770. The van der Waals surface area contributed by atoms with Gasteiger partial charge in [0.25, 0.3) is 0 Å². The van der Waals surface area contributed by atoms with E-state index < -0.39 is 5.97 Å². The van der Waals surface area contributed by atoms with E-state index in [0.29, 0.717) is 15.9 Å². The fraction of sp³-hybridized carbons (Fsp3) is 0.143. The van der Waals surface area contributed by atoms with Crippen LogP contribution in [-0.2, 0) is 11.2 Å². The van der Waals surface area contributed by atoms with Crippen molar-refractivity contribution in [2.75, 3.05) is 5.73 Å². The summed E-state index contributed by atoms with van der Waals surface area (Å²) in [5.74, 6) is -0.922. The van der Waals surface area contributed by atoms with Crippen LogP contribution >= 0.6 is 15.9 Å². The molecular formula is C7H7BrN2O2. The second kappa shape index (κ2) is 3.53. The monoisotopic (exact) mass is 230 g/mol. The van der Waals surface area contributed by atoms with Crippen LogP contribution in [0.5, 0.6) is 0 Å². The summed E-state index contributed by atoms with van der Waals surface area (Å²) in [6.45, 7) is 0. The minimum atomic E-state index is -0.922. The number of aromatic nitrogens is 1. The van der Waals surface area contributed by atoms with Gasteiger partial charge in [0.15, 0.2) is 0 Å². The molecule has 0 radical (unpaired) electrons. The third-order valence-corrected chi connectivity index (χ3v) is 2.23. The average molecular weight is 231 g/mol. The van der Waals surface area contributed by atoms with Crippen molar-refractivity contribution in [1.82, 2.24) is 4.98 Å². The van der Waals surface area contributed by atoms with E-state index in [1.807, 2.05) is 0 Å². The summed E-state index contributed by atoms with van der Waals surface area (Å²) < 4.78 is 0.562. The maximum absolute atomic E-state index is 10.3. The van der Waals surface area contributed by atoms with E-state index in [1.54, 1.807) is 6.07 Å². The molecule has 0 bridgehead atoms. The molecule has 5 heteroatoms. The maximum Gasteiger partial charge on any atom is 0.309 e. The van der Waals surface area contributed by atoms with Crippen molar-refractivity contribution in [1.29, 1.82) is 0 Å². The third-order valence-electron chi connectivity index (χ3n) is 1.31. The molecule has 12 heavy (non-hydrogen) atoms. The molecule has 0 unspecified atom stereocenters. The number of hydrogen-bond acceptors (Lipinski definition) is 3. The predicted octanol–water partition coefficient (Wildman–Crippen LogP) is 1.05. The van der Waals surface area contributed by atoms with Crippen LogP contribution in [-0.4, -0.2) is 16.1 Å². The molecule has 1 aromatic heterocycles. The number of nitrogens with zero attached hydrogens (tertiary/aromatic N) is 1. The minimum absolute atomic E-state index is 0.119. The number of halogens is 1. The van der Waals surface area contributed by atoms with Crippen LogP contribution in [0.15, 0.2) is 16.7 Å². The number of rotatable bonds is 2. The summed E-state index contributed by atoms with van der Waals surface area (Å²) in [5, 5.41) is 8.48. The normalized spacial score (nSPS) is 9.75. The zero-order chi connectivity index (χ0) is 9.14. The molecule has 1 rings (SSSR count). The summed E-state index contributed by atoms with van der Waals surface area (Å²) in [7, 11) is 0. The zero-order valence-corrected chi connectivity index (χ0v) is 7.71. The third kappa shape index (κ3) is 1.94. The Hall–Kier alpha value is -1.10. The second-order valence-electron chi connectivity index (χ2n) is 2.23. The summed E-state index contributed by atoms with van der Waals surface area (Å²) in [6, 6.07) is 1.61. The highest BCUT2D eigenvalue weighted by atomic mass is 79.9. The van der Waals surface area contributed by atoms with Gasteiger partial charge in [-0.05, 0) is 22.0 Å². The van der Waals surface area contributed by atoms with Gasteiger partial charge in [-0.3, -0.25) is 9.78 Å². The Morgan fingerprint density at radius 2 is 2.42 bits per heavy atom. The van der Waals surface area contributed by atoms with Crippen molar-refractivity contribution in [3.05, 3.63) is 22.4 Å². The number of carbonyl (C=O) groups is 1. The van der Waals surface area contributed by atoms with E-state index in [2.05, 4.69) is 20.9 Å². The van der Waals surface area contributed by atoms with Crippen molar-refractivity contribution in [3.8, 4) is 0 Å². The molecule has 0 saturated carbocycles. The number of pyridine rings is 1. The predicted molar refractivity (Wildman–Crippen MR) is 47.7 cm³/mol. The first-order chi connectivity index (χ1) is 5.61. The summed E-state index contributed by atoms with van der Waals surface area (Å²) in [4.78, 5) is 14.2. The molecule has 64 valence electrons. The van der Waals surface area contributed by atoms with Crippen LogP contribution in [0, 0.1) is 0 Å². The molecular weight excluding hydrogens is 224 g/mol. The number of nitrogen functional groups attached to an aromatic ring is 1. The van der Waals surface area contributed by atoms with Crippen molar-refractivity contribution in [2.24, 2.45) is 0 Å². The van der Waals surface area contributed by atoms with Gasteiger partial charge in [0, 0.05) is 11.9 Å². The number of hydrogen-bond donors (Lipinski definition) is 2. The number of anilines is 1.